The molecule has 10 heteroatoms. The zero-order valence-electron chi connectivity index (χ0n) is 52.4. The van der Waals surface area contributed by atoms with Gasteiger partial charge in [-0.05, 0) is 70.3 Å². The van der Waals surface area contributed by atoms with Crippen LogP contribution in [0.15, 0.2) is 48.6 Å². The third kappa shape index (κ3) is 58.6. The fourth-order valence-electron chi connectivity index (χ4n) is 9.83. The molecule has 78 heavy (non-hydrogen) atoms. The number of carbonyl (C=O) groups excluding carboxylic acids is 2. The normalized spacial score (nSPS) is 13.9. The van der Waals surface area contributed by atoms with Gasteiger partial charge >= 0.3 is 5.97 Å². The Morgan fingerprint density at radius 2 is 0.782 bits per heavy atom. The highest BCUT2D eigenvalue weighted by Gasteiger charge is 2.27. The van der Waals surface area contributed by atoms with Crippen molar-refractivity contribution in [3.63, 3.8) is 0 Å². The number of quaternary nitrogens is 1. The Labute approximate surface area is 484 Å². The van der Waals surface area contributed by atoms with Crippen LogP contribution >= 0.6 is 7.82 Å². The quantitative estimate of drug-likeness (QED) is 0.0212. The van der Waals surface area contributed by atoms with Crippen molar-refractivity contribution in [1.29, 1.82) is 0 Å². The van der Waals surface area contributed by atoms with Gasteiger partial charge in [0.2, 0.25) is 5.91 Å². The highest BCUT2D eigenvalue weighted by Crippen LogP contribution is 2.38. The van der Waals surface area contributed by atoms with E-state index in [1.807, 2.05) is 33.3 Å². The maximum atomic E-state index is 13.5. The lowest BCUT2D eigenvalue weighted by Gasteiger charge is -2.30. The summed E-state index contributed by atoms with van der Waals surface area (Å²) in [6.45, 7) is 6.85. The molecule has 0 aliphatic heterocycles. The van der Waals surface area contributed by atoms with Gasteiger partial charge in [-0.3, -0.25) is 14.2 Å². The lowest BCUT2D eigenvalue weighted by Crippen LogP contribution is -2.47. The van der Waals surface area contributed by atoms with Gasteiger partial charge in [0.15, 0.2) is 0 Å². The number of phosphoric acid groups is 1. The molecule has 0 rings (SSSR count). The Kier molecular flexibility index (Phi) is 56.7. The molecular weight excluding hydrogens is 988 g/mol. The van der Waals surface area contributed by atoms with E-state index in [-0.39, 0.29) is 31.5 Å². The number of hydrogen-bond donors (Lipinski definition) is 1. The summed E-state index contributed by atoms with van der Waals surface area (Å²) in [5.74, 6) is -0.529. The van der Waals surface area contributed by atoms with Crippen molar-refractivity contribution in [1.82, 2.24) is 5.32 Å². The lowest BCUT2D eigenvalue weighted by atomic mass is 10.0. The van der Waals surface area contributed by atoms with E-state index in [0.717, 1.165) is 70.6 Å². The SMILES string of the molecule is CCCCC/C=C\C/C=C\C/C=C\CCCCCCCCCCCCCCC(=O)OC(/C=C\CCCCCCCCCCCCC)C(COP(=O)([O-])OCC[N+](C)(C)C)NC(=O)CCCCCCCCCCCCCCCC. The van der Waals surface area contributed by atoms with Crippen LogP contribution in [0.2, 0.25) is 0 Å². The van der Waals surface area contributed by atoms with Gasteiger partial charge in [0.25, 0.3) is 7.82 Å². The van der Waals surface area contributed by atoms with E-state index in [0.29, 0.717) is 17.4 Å². The highest BCUT2D eigenvalue weighted by molar-refractivity contribution is 7.45. The molecular formula is C68H129N2O7P. The smallest absolute Gasteiger partial charge is 0.306 e. The fraction of sp³-hybridized carbons (Fsp3) is 0.853. The predicted octanol–water partition coefficient (Wildman–Crippen LogP) is 20.2. The van der Waals surface area contributed by atoms with Crippen molar-refractivity contribution in [2.75, 3.05) is 40.9 Å². The van der Waals surface area contributed by atoms with Gasteiger partial charge < -0.3 is 28.5 Å². The maximum Gasteiger partial charge on any atom is 0.306 e. The zero-order valence-corrected chi connectivity index (χ0v) is 53.3. The van der Waals surface area contributed by atoms with E-state index in [2.05, 4.69) is 62.5 Å². The van der Waals surface area contributed by atoms with Gasteiger partial charge in [-0.25, -0.2) is 0 Å². The molecule has 1 amide bonds. The molecule has 0 fully saturated rings. The van der Waals surface area contributed by atoms with Crippen LogP contribution in [0.3, 0.4) is 0 Å². The molecule has 0 saturated heterocycles. The molecule has 0 saturated carbocycles. The Morgan fingerprint density at radius 3 is 1.19 bits per heavy atom. The van der Waals surface area contributed by atoms with Crippen molar-refractivity contribution >= 4 is 19.7 Å². The Balaban J connectivity index is 5.10. The standard InChI is InChI=1S/C68H129N2O7P/c1-7-10-13-16-19-22-25-28-30-31-32-33-34-35-36-37-38-39-40-43-46-49-52-55-58-61-68(72)77-66(59-56-53-50-47-44-41-27-24-21-18-15-12-9-3)65(64-76-78(73,74)75-63-62-70(4,5)6)69-67(71)60-57-54-51-48-45-42-29-26-23-20-17-14-11-8-2/h19,22,28,30,32-33,56,59,65-66H,7-18,20-21,23-27,29,31,34-55,57-58,60-64H2,1-6H3,(H-,69,71,73,74)/b22-19-,30-28-,33-32-,59-56-. The van der Waals surface area contributed by atoms with Crippen LogP contribution < -0.4 is 10.2 Å². The number of likely N-dealkylation sites (N-methyl/N-ethyl adjacent to an activating group) is 1. The second-order valence-electron chi connectivity index (χ2n) is 24.0. The number of rotatable bonds is 61. The van der Waals surface area contributed by atoms with Gasteiger partial charge in [0, 0.05) is 12.8 Å². The first-order valence-corrected chi connectivity index (χ1v) is 34.9. The first-order valence-electron chi connectivity index (χ1n) is 33.4. The van der Waals surface area contributed by atoms with Crippen LogP contribution in [0.1, 0.15) is 323 Å². The third-order valence-corrected chi connectivity index (χ3v) is 16.0. The predicted molar refractivity (Wildman–Crippen MR) is 335 cm³/mol. The first-order chi connectivity index (χ1) is 37.9. The molecule has 0 aromatic carbocycles. The minimum atomic E-state index is -4.70. The molecule has 0 aromatic heterocycles. The Morgan fingerprint density at radius 1 is 0.449 bits per heavy atom. The van der Waals surface area contributed by atoms with E-state index in [1.54, 1.807) is 0 Å². The average Bonchev–Trinajstić information content (AvgIpc) is 3.40. The van der Waals surface area contributed by atoms with Crippen molar-refractivity contribution in [2.45, 2.75) is 335 Å². The molecule has 0 aliphatic rings. The molecule has 0 aliphatic carbocycles. The second kappa shape index (κ2) is 58.2. The number of hydrogen-bond acceptors (Lipinski definition) is 7. The Bertz CT molecular complexity index is 1470. The lowest BCUT2D eigenvalue weighted by molar-refractivity contribution is -0.870. The van der Waals surface area contributed by atoms with E-state index >= 15 is 0 Å². The third-order valence-electron chi connectivity index (χ3n) is 15.0. The highest BCUT2D eigenvalue weighted by atomic mass is 31.2. The van der Waals surface area contributed by atoms with Gasteiger partial charge in [-0.15, -0.1) is 0 Å². The maximum absolute atomic E-state index is 13.5. The van der Waals surface area contributed by atoms with Crippen LogP contribution in [-0.2, 0) is 27.9 Å². The largest absolute Gasteiger partial charge is 0.756 e. The van der Waals surface area contributed by atoms with Crippen molar-refractivity contribution in [3.8, 4) is 0 Å². The van der Waals surface area contributed by atoms with Crippen LogP contribution in [-0.4, -0.2) is 69.4 Å². The van der Waals surface area contributed by atoms with Crippen LogP contribution in [0.5, 0.6) is 0 Å². The van der Waals surface area contributed by atoms with Gasteiger partial charge in [-0.1, -0.05) is 288 Å². The minimum Gasteiger partial charge on any atom is -0.756 e. The monoisotopic (exact) mass is 1120 g/mol. The van der Waals surface area contributed by atoms with E-state index in [4.69, 9.17) is 13.8 Å². The summed E-state index contributed by atoms with van der Waals surface area (Å²) >= 11 is 0. The summed E-state index contributed by atoms with van der Waals surface area (Å²) in [5, 5.41) is 3.04. The molecule has 458 valence electrons. The summed E-state index contributed by atoms with van der Waals surface area (Å²) in [6, 6.07) is -0.886. The number of amides is 1. The molecule has 0 aromatic rings. The number of nitrogens with zero attached hydrogens (tertiary/aromatic N) is 1. The molecule has 0 bridgehead atoms. The van der Waals surface area contributed by atoms with Crippen LogP contribution in [0, 0.1) is 0 Å². The number of esters is 1. The molecule has 0 heterocycles. The van der Waals surface area contributed by atoms with Crippen LogP contribution in [0.4, 0.5) is 0 Å². The van der Waals surface area contributed by atoms with Gasteiger partial charge in [-0.2, -0.15) is 0 Å². The molecule has 3 unspecified atom stereocenters. The van der Waals surface area contributed by atoms with E-state index in [1.165, 1.54) is 218 Å². The summed E-state index contributed by atoms with van der Waals surface area (Å²) in [7, 11) is 1.20. The number of ether oxygens (including phenoxy) is 1. The topological polar surface area (TPSA) is 114 Å². The van der Waals surface area contributed by atoms with Crippen LogP contribution in [0.25, 0.3) is 0 Å². The first kappa shape index (κ1) is 76.0. The van der Waals surface area contributed by atoms with Gasteiger partial charge in [0.05, 0.1) is 33.8 Å². The molecule has 1 N–H and O–H groups in total. The van der Waals surface area contributed by atoms with E-state index in [9.17, 15) is 19.0 Å². The van der Waals surface area contributed by atoms with E-state index < -0.39 is 20.0 Å². The summed E-state index contributed by atoms with van der Waals surface area (Å²) in [4.78, 5) is 40.1. The second-order valence-corrected chi connectivity index (χ2v) is 25.4. The van der Waals surface area contributed by atoms with Gasteiger partial charge in [0.1, 0.15) is 19.3 Å². The number of allylic oxidation sites excluding steroid dienone is 7. The minimum absolute atomic E-state index is 0.0206. The molecule has 0 spiro atoms. The number of unbranched alkanes of at least 4 members (excludes halogenated alkanes) is 39. The average molecular weight is 1120 g/mol. The molecule has 9 nitrogen and oxygen atoms in total. The number of phosphoric ester groups is 1. The molecule has 3 atom stereocenters. The molecule has 0 radical (unpaired) electrons. The zero-order chi connectivity index (χ0) is 57.2. The fourth-order valence-corrected chi connectivity index (χ4v) is 10.5. The summed E-state index contributed by atoms with van der Waals surface area (Å²) < 4.78 is 30.4. The Hall–Kier alpha value is -2.03. The van der Waals surface area contributed by atoms with Crippen molar-refractivity contribution in [2.24, 2.45) is 0 Å². The van der Waals surface area contributed by atoms with Crippen molar-refractivity contribution in [3.05, 3.63) is 48.6 Å². The summed E-state index contributed by atoms with van der Waals surface area (Å²) in [5.41, 5.74) is 0. The van der Waals surface area contributed by atoms with Crippen molar-refractivity contribution < 1.29 is 37.3 Å². The summed E-state index contributed by atoms with van der Waals surface area (Å²) in [6.07, 6.45) is 72.2. The number of carbonyl (C=O) groups is 2. The number of nitrogens with one attached hydrogen (secondary N) is 1.